The second-order valence-corrected chi connectivity index (χ2v) is 6.42. The van der Waals surface area contributed by atoms with Gasteiger partial charge in [-0.15, -0.1) is 0 Å². The third kappa shape index (κ3) is 12.2. The average Bonchev–Trinajstić information content (AvgIpc) is 2.63. The third-order valence-electron chi connectivity index (χ3n) is 3.37. The summed E-state index contributed by atoms with van der Waals surface area (Å²) in [6.07, 6.45) is 14.0. The molecule has 1 rings (SSSR count). The molecule has 0 amide bonds. The van der Waals surface area contributed by atoms with Crippen LogP contribution in [0.1, 0.15) is 52.7 Å². The zero-order chi connectivity index (χ0) is 20.6. The Bertz CT molecular complexity index is 599. The molecule has 0 radical (unpaired) electrons. The fourth-order valence-electron chi connectivity index (χ4n) is 1.71. The summed E-state index contributed by atoms with van der Waals surface area (Å²) in [4.78, 5) is 4.15. The van der Waals surface area contributed by atoms with E-state index in [1.165, 1.54) is 0 Å². The quantitative estimate of drug-likeness (QED) is 0.586. The summed E-state index contributed by atoms with van der Waals surface area (Å²) in [5.41, 5.74) is 4.66. The molecule has 0 aliphatic rings. The van der Waals surface area contributed by atoms with E-state index in [9.17, 15) is 0 Å². The number of nitrogens with zero attached hydrogens (tertiary/aromatic N) is 1. The molecule has 2 nitrogen and oxygen atoms in total. The van der Waals surface area contributed by atoms with Crippen molar-refractivity contribution in [3.05, 3.63) is 84.8 Å². The lowest BCUT2D eigenvalue weighted by atomic mass is 9.97. The molecular formula is C24H38N2. The first-order chi connectivity index (χ1) is 12.3. The molecule has 0 unspecified atom stereocenters. The van der Waals surface area contributed by atoms with Crippen LogP contribution in [0.4, 0.5) is 0 Å². The fraction of sp³-hybridized carbons (Fsp3) is 0.375. The van der Waals surface area contributed by atoms with Gasteiger partial charge in [0, 0.05) is 17.9 Å². The average molecular weight is 355 g/mol. The Balaban J connectivity index is 0. The van der Waals surface area contributed by atoms with E-state index in [0.29, 0.717) is 5.54 Å². The Morgan fingerprint density at radius 3 is 2.23 bits per heavy atom. The SMILES string of the molecule is C=C/C=C(\C=C/C)C(=C)Cc1cnccc1C=C.CC.CNC(C)(C)C. The summed E-state index contributed by atoms with van der Waals surface area (Å²) >= 11 is 0. The van der Waals surface area contributed by atoms with Gasteiger partial charge in [0.1, 0.15) is 0 Å². The van der Waals surface area contributed by atoms with E-state index >= 15 is 0 Å². The predicted octanol–water partition coefficient (Wildman–Crippen LogP) is 6.54. The Hall–Kier alpha value is -2.19. The van der Waals surface area contributed by atoms with Crippen LogP contribution in [0.3, 0.4) is 0 Å². The van der Waals surface area contributed by atoms with Crippen molar-refractivity contribution < 1.29 is 0 Å². The zero-order valence-electron chi connectivity index (χ0n) is 17.9. The van der Waals surface area contributed by atoms with E-state index in [0.717, 1.165) is 28.7 Å². The Morgan fingerprint density at radius 2 is 1.81 bits per heavy atom. The Labute approximate surface area is 162 Å². The minimum Gasteiger partial charge on any atom is -0.315 e. The maximum atomic E-state index is 4.15. The first-order valence-corrected chi connectivity index (χ1v) is 9.16. The normalized spacial score (nSPS) is 11.0. The van der Waals surface area contributed by atoms with Crippen molar-refractivity contribution in [2.75, 3.05) is 7.05 Å². The summed E-state index contributed by atoms with van der Waals surface area (Å²) < 4.78 is 0. The minimum atomic E-state index is 0.292. The first-order valence-electron chi connectivity index (χ1n) is 9.16. The standard InChI is InChI=1S/C17H19N.C5H13N.C2H6/c1-5-8-16(9-6-2)14(4)12-17-13-18-11-10-15(17)7-3;1-5(2,3)6-4;1-2/h5-11,13H,1,3-4,12H2,2H3;6H,1-4H3;1-2H3/b9-6-,16-8+;;. The van der Waals surface area contributed by atoms with Gasteiger partial charge >= 0.3 is 0 Å². The minimum absolute atomic E-state index is 0.292. The van der Waals surface area contributed by atoms with Gasteiger partial charge in [0.2, 0.25) is 0 Å². The highest BCUT2D eigenvalue weighted by Crippen LogP contribution is 2.19. The maximum Gasteiger partial charge on any atom is 0.0309 e. The molecule has 0 saturated carbocycles. The molecule has 0 aliphatic carbocycles. The molecule has 0 bridgehead atoms. The number of hydrogen-bond acceptors (Lipinski definition) is 2. The smallest absolute Gasteiger partial charge is 0.0309 e. The van der Waals surface area contributed by atoms with Crippen LogP contribution in [-0.4, -0.2) is 17.6 Å². The highest BCUT2D eigenvalue weighted by atomic mass is 14.9. The van der Waals surface area contributed by atoms with Gasteiger partial charge in [0.25, 0.3) is 0 Å². The molecular weight excluding hydrogens is 316 g/mol. The van der Waals surface area contributed by atoms with E-state index in [4.69, 9.17) is 0 Å². The molecule has 0 aliphatic heterocycles. The van der Waals surface area contributed by atoms with Gasteiger partial charge in [0.15, 0.2) is 0 Å². The van der Waals surface area contributed by atoms with Crippen LogP contribution in [-0.2, 0) is 6.42 Å². The van der Waals surface area contributed by atoms with Gasteiger partial charge in [-0.3, -0.25) is 4.98 Å². The van der Waals surface area contributed by atoms with Gasteiger partial charge in [-0.1, -0.05) is 64.0 Å². The Kier molecular flexibility index (Phi) is 15.1. The van der Waals surface area contributed by atoms with E-state index in [2.05, 4.69) is 50.8 Å². The fourth-order valence-corrected chi connectivity index (χ4v) is 1.71. The monoisotopic (exact) mass is 354 g/mol. The van der Waals surface area contributed by atoms with E-state index < -0.39 is 0 Å². The number of nitrogens with one attached hydrogen (secondary N) is 1. The van der Waals surface area contributed by atoms with Crippen LogP contribution in [0.15, 0.2) is 73.6 Å². The summed E-state index contributed by atoms with van der Waals surface area (Å²) in [7, 11) is 1.96. The van der Waals surface area contributed by atoms with Crippen LogP contribution in [0.5, 0.6) is 0 Å². The summed E-state index contributed by atoms with van der Waals surface area (Å²) in [6.45, 7) is 24.1. The van der Waals surface area contributed by atoms with Crippen molar-refractivity contribution in [2.45, 2.75) is 53.5 Å². The molecule has 26 heavy (non-hydrogen) atoms. The van der Waals surface area contributed by atoms with Gasteiger partial charge < -0.3 is 5.32 Å². The van der Waals surface area contributed by atoms with E-state index in [1.807, 2.05) is 64.4 Å². The lowest BCUT2D eigenvalue weighted by molar-refractivity contribution is 0.469. The molecule has 0 fully saturated rings. The summed E-state index contributed by atoms with van der Waals surface area (Å²) in [5, 5.41) is 3.10. The van der Waals surface area contributed by atoms with Crippen molar-refractivity contribution in [3.63, 3.8) is 0 Å². The van der Waals surface area contributed by atoms with Crippen molar-refractivity contribution in [2.24, 2.45) is 0 Å². The molecule has 0 aromatic carbocycles. The van der Waals surface area contributed by atoms with Crippen LogP contribution < -0.4 is 5.32 Å². The topological polar surface area (TPSA) is 24.9 Å². The number of rotatable bonds is 6. The summed E-state index contributed by atoms with van der Waals surface area (Å²) in [5.74, 6) is 0. The van der Waals surface area contributed by atoms with Crippen LogP contribution in [0.2, 0.25) is 0 Å². The maximum absolute atomic E-state index is 4.15. The van der Waals surface area contributed by atoms with Crippen molar-refractivity contribution >= 4 is 6.08 Å². The second-order valence-electron chi connectivity index (χ2n) is 6.42. The number of allylic oxidation sites excluding steroid dienone is 6. The predicted molar refractivity (Wildman–Crippen MR) is 120 cm³/mol. The van der Waals surface area contributed by atoms with Gasteiger partial charge in [-0.05, 0) is 69.5 Å². The molecule has 1 aromatic rings. The molecule has 0 saturated heterocycles. The van der Waals surface area contributed by atoms with Gasteiger partial charge in [-0.2, -0.15) is 0 Å². The third-order valence-corrected chi connectivity index (χ3v) is 3.37. The van der Waals surface area contributed by atoms with Crippen LogP contribution >= 0.6 is 0 Å². The molecule has 0 atom stereocenters. The molecule has 1 aromatic heterocycles. The van der Waals surface area contributed by atoms with Crippen LogP contribution in [0, 0.1) is 0 Å². The van der Waals surface area contributed by atoms with Gasteiger partial charge in [-0.25, -0.2) is 0 Å². The number of aromatic nitrogens is 1. The first kappa shape index (κ1) is 26.0. The lowest BCUT2D eigenvalue weighted by Crippen LogP contribution is -2.31. The van der Waals surface area contributed by atoms with E-state index in [1.54, 1.807) is 12.3 Å². The molecule has 144 valence electrons. The highest BCUT2D eigenvalue weighted by molar-refractivity contribution is 5.53. The van der Waals surface area contributed by atoms with Crippen molar-refractivity contribution in [1.29, 1.82) is 0 Å². The molecule has 1 heterocycles. The number of hydrogen-bond donors (Lipinski definition) is 1. The highest BCUT2D eigenvalue weighted by Gasteiger charge is 2.04. The lowest BCUT2D eigenvalue weighted by Gasteiger charge is -2.15. The summed E-state index contributed by atoms with van der Waals surface area (Å²) in [6, 6.07) is 1.96. The van der Waals surface area contributed by atoms with Crippen molar-refractivity contribution in [3.8, 4) is 0 Å². The Morgan fingerprint density at radius 1 is 1.23 bits per heavy atom. The second kappa shape index (κ2) is 15.1. The van der Waals surface area contributed by atoms with Gasteiger partial charge in [0.05, 0.1) is 0 Å². The molecule has 1 N–H and O–H groups in total. The largest absolute Gasteiger partial charge is 0.315 e. The molecule has 0 spiro atoms. The van der Waals surface area contributed by atoms with Crippen LogP contribution in [0.25, 0.3) is 6.08 Å². The van der Waals surface area contributed by atoms with E-state index in [-0.39, 0.29) is 0 Å². The zero-order valence-corrected chi connectivity index (χ0v) is 17.9. The molecule has 2 heteroatoms. The van der Waals surface area contributed by atoms with Crippen molar-refractivity contribution in [1.82, 2.24) is 10.3 Å². The number of pyridine rings is 1.